The molecule has 86 valence electrons. The monoisotopic (exact) mass is 226 g/mol. The second-order valence-corrected chi connectivity index (χ2v) is 3.58. The van der Waals surface area contributed by atoms with Crippen molar-refractivity contribution in [3.8, 4) is 0 Å². The van der Waals surface area contributed by atoms with E-state index in [1.807, 2.05) is 0 Å². The van der Waals surface area contributed by atoms with E-state index in [-0.39, 0.29) is 5.56 Å². The third-order valence-electron chi connectivity index (χ3n) is 2.40. The van der Waals surface area contributed by atoms with Gasteiger partial charge in [-0.25, -0.2) is 14.2 Å². The highest BCUT2D eigenvalue weighted by Gasteiger charge is 2.29. The van der Waals surface area contributed by atoms with Gasteiger partial charge in [-0.05, 0) is 6.07 Å². The third-order valence-corrected chi connectivity index (χ3v) is 2.40. The summed E-state index contributed by atoms with van der Waals surface area (Å²) in [5.74, 6) is -0.882. The van der Waals surface area contributed by atoms with Crippen LogP contribution in [0.1, 0.15) is 10.4 Å². The minimum atomic E-state index is -0.636. The standard InChI is InChI=1S/C10H11FN2O3/c1-16-10(15)8-2-6(11)3-12-9(8)13-4-7(14)5-13/h2-3,7,14H,4-5H2,1H3. The van der Waals surface area contributed by atoms with Crippen LogP contribution in [-0.4, -0.2) is 42.4 Å². The average molecular weight is 226 g/mol. The van der Waals surface area contributed by atoms with Crippen molar-refractivity contribution in [2.45, 2.75) is 6.10 Å². The SMILES string of the molecule is COC(=O)c1cc(F)cnc1N1CC(O)C1. The molecule has 0 saturated carbocycles. The lowest BCUT2D eigenvalue weighted by Gasteiger charge is -2.37. The fourth-order valence-corrected chi connectivity index (χ4v) is 1.57. The molecule has 1 aliphatic rings. The molecule has 2 heterocycles. The van der Waals surface area contributed by atoms with Crippen LogP contribution in [0.5, 0.6) is 0 Å². The van der Waals surface area contributed by atoms with Crippen molar-refractivity contribution in [3.05, 3.63) is 23.6 Å². The lowest BCUT2D eigenvalue weighted by molar-refractivity contribution is 0.0598. The zero-order chi connectivity index (χ0) is 11.7. The lowest BCUT2D eigenvalue weighted by Crippen LogP contribution is -2.51. The van der Waals surface area contributed by atoms with Gasteiger partial charge in [-0.15, -0.1) is 0 Å². The summed E-state index contributed by atoms with van der Waals surface area (Å²) in [7, 11) is 1.22. The van der Waals surface area contributed by atoms with E-state index in [9.17, 15) is 9.18 Å². The summed E-state index contributed by atoms with van der Waals surface area (Å²) in [4.78, 5) is 16.9. The predicted molar refractivity (Wildman–Crippen MR) is 53.8 cm³/mol. The molecule has 0 aromatic carbocycles. The largest absolute Gasteiger partial charge is 0.465 e. The molecule has 1 aromatic rings. The van der Waals surface area contributed by atoms with Crippen LogP contribution in [0.3, 0.4) is 0 Å². The van der Waals surface area contributed by atoms with Crippen LogP contribution in [0.25, 0.3) is 0 Å². The molecular weight excluding hydrogens is 215 g/mol. The quantitative estimate of drug-likeness (QED) is 0.729. The summed E-state index contributed by atoms with van der Waals surface area (Å²) in [5, 5.41) is 9.16. The summed E-state index contributed by atoms with van der Waals surface area (Å²) in [6.07, 6.45) is 0.615. The third kappa shape index (κ3) is 1.83. The fourth-order valence-electron chi connectivity index (χ4n) is 1.57. The van der Waals surface area contributed by atoms with Gasteiger partial charge in [0.05, 0.1) is 19.4 Å². The summed E-state index contributed by atoms with van der Waals surface area (Å²) in [6.45, 7) is 0.783. The summed E-state index contributed by atoms with van der Waals surface area (Å²) < 4.78 is 17.5. The molecule has 6 heteroatoms. The zero-order valence-electron chi connectivity index (χ0n) is 8.68. The molecule has 0 aliphatic carbocycles. The van der Waals surface area contributed by atoms with Crippen molar-refractivity contribution in [2.24, 2.45) is 0 Å². The van der Waals surface area contributed by atoms with Crippen LogP contribution in [0.15, 0.2) is 12.3 Å². The van der Waals surface area contributed by atoms with E-state index in [1.54, 1.807) is 4.90 Å². The second-order valence-electron chi connectivity index (χ2n) is 3.58. The Bertz CT molecular complexity index is 419. The first-order chi connectivity index (χ1) is 7.61. The maximum Gasteiger partial charge on any atom is 0.341 e. The molecule has 0 amide bonds. The molecule has 0 radical (unpaired) electrons. The number of rotatable bonds is 2. The zero-order valence-corrected chi connectivity index (χ0v) is 8.68. The number of aromatic nitrogens is 1. The Balaban J connectivity index is 2.33. The molecule has 0 unspecified atom stereocenters. The number of aliphatic hydroxyl groups is 1. The van der Waals surface area contributed by atoms with Gasteiger partial charge in [-0.1, -0.05) is 0 Å². The van der Waals surface area contributed by atoms with Crippen molar-refractivity contribution in [2.75, 3.05) is 25.1 Å². The summed E-state index contributed by atoms with van der Waals surface area (Å²) in [6, 6.07) is 1.08. The number of esters is 1. The van der Waals surface area contributed by atoms with E-state index in [4.69, 9.17) is 5.11 Å². The molecule has 16 heavy (non-hydrogen) atoms. The van der Waals surface area contributed by atoms with E-state index < -0.39 is 17.9 Å². The van der Waals surface area contributed by atoms with Crippen LogP contribution in [-0.2, 0) is 4.74 Å². The normalized spacial score (nSPS) is 15.8. The van der Waals surface area contributed by atoms with Gasteiger partial charge in [0.15, 0.2) is 0 Å². The Morgan fingerprint density at radius 3 is 2.94 bits per heavy atom. The molecule has 1 saturated heterocycles. The second kappa shape index (κ2) is 4.05. The Morgan fingerprint density at radius 1 is 1.69 bits per heavy atom. The molecule has 0 atom stereocenters. The molecule has 1 aliphatic heterocycles. The fraction of sp³-hybridized carbons (Fsp3) is 0.400. The van der Waals surface area contributed by atoms with Gasteiger partial charge in [0, 0.05) is 13.1 Å². The molecule has 5 nitrogen and oxygen atoms in total. The van der Waals surface area contributed by atoms with Crippen molar-refractivity contribution in [1.82, 2.24) is 4.98 Å². The van der Waals surface area contributed by atoms with E-state index in [2.05, 4.69) is 9.72 Å². The number of carbonyl (C=O) groups is 1. The number of carbonyl (C=O) groups excluding carboxylic acids is 1. The Hall–Kier alpha value is -1.69. The molecule has 1 fully saturated rings. The number of aliphatic hydroxyl groups excluding tert-OH is 1. The number of hydrogen-bond donors (Lipinski definition) is 1. The number of hydrogen-bond acceptors (Lipinski definition) is 5. The lowest BCUT2D eigenvalue weighted by atomic mass is 10.1. The van der Waals surface area contributed by atoms with E-state index in [0.717, 1.165) is 12.3 Å². The maximum absolute atomic E-state index is 13.0. The smallest absolute Gasteiger partial charge is 0.341 e. The number of ether oxygens (including phenoxy) is 1. The Labute approximate surface area is 91.5 Å². The number of pyridine rings is 1. The molecule has 2 rings (SSSR count). The van der Waals surface area contributed by atoms with Crippen LogP contribution in [0, 0.1) is 5.82 Å². The number of methoxy groups -OCH3 is 1. The van der Waals surface area contributed by atoms with Gasteiger partial charge < -0.3 is 14.7 Å². The number of nitrogens with zero attached hydrogens (tertiary/aromatic N) is 2. The topological polar surface area (TPSA) is 62.7 Å². The van der Waals surface area contributed by atoms with Crippen LogP contribution in [0.4, 0.5) is 10.2 Å². The van der Waals surface area contributed by atoms with Gasteiger partial charge in [0.2, 0.25) is 0 Å². The average Bonchev–Trinajstić information content (AvgIpc) is 2.24. The van der Waals surface area contributed by atoms with Crippen LogP contribution < -0.4 is 4.90 Å². The predicted octanol–water partition coefficient (Wildman–Crippen LogP) is 0.188. The molecule has 0 spiro atoms. The highest BCUT2D eigenvalue weighted by atomic mass is 19.1. The Kier molecular flexibility index (Phi) is 2.74. The van der Waals surface area contributed by atoms with Crippen molar-refractivity contribution in [3.63, 3.8) is 0 Å². The van der Waals surface area contributed by atoms with Gasteiger partial charge >= 0.3 is 5.97 Å². The van der Waals surface area contributed by atoms with Gasteiger partial charge in [0.25, 0.3) is 0 Å². The highest BCUT2D eigenvalue weighted by Crippen LogP contribution is 2.23. The first kappa shape index (κ1) is 10.8. The molecular formula is C10H11FN2O3. The molecule has 1 aromatic heterocycles. The van der Waals surface area contributed by atoms with Crippen molar-refractivity contribution < 1.29 is 19.0 Å². The first-order valence-electron chi connectivity index (χ1n) is 4.78. The minimum absolute atomic E-state index is 0.0781. The molecule has 0 bridgehead atoms. The Morgan fingerprint density at radius 2 is 2.38 bits per heavy atom. The van der Waals surface area contributed by atoms with Crippen molar-refractivity contribution >= 4 is 11.8 Å². The van der Waals surface area contributed by atoms with E-state index in [1.165, 1.54) is 7.11 Å². The highest BCUT2D eigenvalue weighted by molar-refractivity contribution is 5.94. The van der Waals surface area contributed by atoms with Gasteiger partial charge in [0.1, 0.15) is 17.2 Å². The molecule has 1 N–H and O–H groups in total. The van der Waals surface area contributed by atoms with Crippen molar-refractivity contribution in [1.29, 1.82) is 0 Å². The van der Waals surface area contributed by atoms with E-state index in [0.29, 0.717) is 18.9 Å². The van der Waals surface area contributed by atoms with Gasteiger partial charge in [-0.3, -0.25) is 0 Å². The number of halogens is 1. The summed E-state index contributed by atoms with van der Waals surface area (Å²) in [5.41, 5.74) is 0.0781. The first-order valence-corrected chi connectivity index (χ1v) is 4.78. The van der Waals surface area contributed by atoms with Crippen LogP contribution in [0.2, 0.25) is 0 Å². The minimum Gasteiger partial charge on any atom is -0.465 e. The number of anilines is 1. The summed E-state index contributed by atoms with van der Waals surface area (Å²) >= 11 is 0. The number of β-amino-alcohol motifs (C(OH)–C–C–N with tert-alkyl or cyclic N) is 1. The van der Waals surface area contributed by atoms with Gasteiger partial charge in [-0.2, -0.15) is 0 Å². The van der Waals surface area contributed by atoms with Crippen LogP contribution >= 0.6 is 0 Å². The maximum atomic E-state index is 13.0. The van der Waals surface area contributed by atoms with E-state index >= 15 is 0 Å².